The zero-order valence-corrected chi connectivity index (χ0v) is 26.1. The summed E-state index contributed by atoms with van der Waals surface area (Å²) in [5.74, 6) is 0. The van der Waals surface area contributed by atoms with Gasteiger partial charge in [-0.05, 0) is 98.8 Å². The molecule has 9 rings (SSSR count). The number of nitrogens with zero attached hydrogens (tertiary/aromatic N) is 1. The normalized spacial score (nSPS) is 13.3. The second-order valence-electron chi connectivity index (χ2n) is 12.6. The molecule has 1 aliphatic rings. The summed E-state index contributed by atoms with van der Waals surface area (Å²) in [4.78, 5) is 2.39. The van der Waals surface area contributed by atoms with Crippen LogP contribution in [0.1, 0.15) is 25.0 Å². The van der Waals surface area contributed by atoms with Crippen molar-refractivity contribution in [3.63, 3.8) is 0 Å². The molecule has 0 saturated heterocycles. The van der Waals surface area contributed by atoms with E-state index in [9.17, 15) is 0 Å². The number of rotatable bonds is 4. The van der Waals surface area contributed by atoms with Crippen molar-refractivity contribution in [1.29, 1.82) is 0 Å². The first-order chi connectivity index (χ1) is 22.0. The number of fused-ring (bicyclic) bond motifs is 7. The maximum Gasteiger partial charge on any atom is 0.0468 e. The van der Waals surface area contributed by atoms with Gasteiger partial charge in [0.1, 0.15) is 0 Å². The van der Waals surface area contributed by atoms with Gasteiger partial charge in [0, 0.05) is 42.6 Å². The van der Waals surface area contributed by atoms with E-state index in [0.717, 1.165) is 17.1 Å². The van der Waals surface area contributed by atoms with E-state index in [1.54, 1.807) is 0 Å². The monoisotopic (exact) mass is 593 g/mol. The lowest BCUT2D eigenvalue weighted by Crippen LogP contribution is -2.14. The van der Waals surface area contributed by atoms with Crippen LogP contribution in [0.3, 0.4) is 0 Å². The first-order valence-electron chi connectivity index (χ1n) is 15.6. The van der Waals surface area contributed by atoms with Crippen LogP contribution in [-0.4, -0.2) is 0 Å². The molecule has 1 aliphatic carbocycles. The summed E-state index contributed by atoms with van der Waals surface area (Å²) in [5, 5.41) is 5.10. The summed E-state index contributed by atoms with van der Waals surface area (Å²) < 4.78 is 2.64. The SMILES string of the molecule is CC1(C)c2ccccc2-c2ccc(-c3ccc(N(c4ccc5ccccc5c4)c4ccc5sc6ccccc6c5c4)cc3)cc21. The molecule has 214 valence electrons. The van der Waals surface area contributed by atoms with Gasteiger partial charge in [0.05, 0.1) is 0 Å². The Hall–Kier alpha value is -5.18. The van der Waals surface area contributed by atoms with Gasteiger partial charge in [-0.1, -0.05) is 111 Å². The molecule has 0 unspecified atom stereocenters. The highest BCUT2D eigenvalue weighted by Gasteiger charge is 2.35. The fraction of sp³-hybridized carbons (Fsp3) is 0.0698. The Morgan fingerprint density at radius 1 is 0.444 bits per heavy atom. The standard InChI is InChI=1S/C43H31NS/c1-43(2)39-13-7-5-11-35(39)36-23-18-31(26-40(36)43)29-15-19-32(20-16-29)44(33-21-17-28-9-3-4-10-30(28)25-33)34-22-24-42-38(27-34)37-12-6-8-14-41(37)45-42/h3-27H,1-2H3. The minimum atomic E-state index is -0.0147. The molecule has 0 aliphatic heterocycles. The van der Waals surface area contributed by atoms with Crippen LogP contribution in [0.15, 0.2) is 152 Å². The Labute approximate surface area is 267 Å². The molecule has 1 heterocycles. The van der Waals surface area contributed by atoms with Gasteiger partial charge in [-0.25, -0.2) is 0 Å². The highest BCUT2D eigenvalue weighted by Crippen LogP contribution is 2.49. The van der Waals surface area contributed by atoms with Crippen molar-refractivity contribution < 1.29 is 0 Å². The van der Waals surface area contributed by atoms with E-state index in [4.69, 9.17) is 0 Å². The maximum absolute atomic E-state index is 2.40. The maximum atomic E-state index is 2.40. The van der Waals surface area contributed by atoms with Gasteiger partial charge >= 0.3 is 0 Å². The lowest BCUT2D eigenvalue weighted by Gasteiger charge is -2.26. The average Bonchev–Trinajstić information content (AvgIpc) is 3.57. The van der Waals surface area contributed by atoms with Crippen LogP contribution in [0.25, 0.3) is 53.2 Å². The number of hydrogen-bond donors (Lipinski definition) is 0. The minimum Gasteiger partial charge on any atom is -0.310 e. The summed E-state index contributed by atoms with van der Waals surface area (Å²) in [6.45, 7) is 4.69. The van der Waals surface area contributed by atoms with Gasteiger partial charge in [0.15, 0.2) is 0 Å². The molecule has 7 aromatic carbocycles. The Bertz CT molecular complexity index is 2410. The zero-order valence-electron chi connectivity index (χ0n) is 25.3. The van der Waals surface area contributed by atoms with Crippen LogP contribution in [0.2, 0.25) is 0 Å². The highest BCUT2D eigenvalue weighted by atomic mass is 32.1. The molecule has 0 amide bonds. The Morgan fingerprint density at radius 3 is 1.98 bits per heavy atom. The van der Waals surface area contributed by atoms with E-state index in [0.29, 0.717) is 0 Å². The van der Waals surface area contributed by atoms with Crippen LogP contribution < -0.4 is 4.90 Å². The van der Waals surface area contributed by atoms with Gasteiger partial charge in [0.2, 0.25) is 0 Å². The molecule has 0 bridgehead atoms. The summed E-state index contributed by atoms with van der Waals surface area (Å²) in [7, 11) is 0. The molecule has 0 N–H and O–H groups in total. The van der Waals surface area contributed by atoms with Crippen LogP contribution in [0.4, 0.5) is 17.1 Å². The van der Waals surface area contributed by atoms with Gasteiger partial charge in [-0.3, -0.25) is 0 Å². The van der Waals surface area contributed by atoms with Crippen LogP contribution in [0.5, 0.6) is 0 Å². The van der Waals surface area contributed by atoms with E-state index in [2.05, 4.69) is 170 Å². The molecule has 45 heavy (non-hydrogen) atoms. The largest absolute Gasteiger partial charge is 0.310 e. The van der Waals surface area contributed by atoms with Crippen LogP contribution in [-0.2, 0) is 5.41 Å². The second kappa shape index (κ2) is 9.92. The van der Waals surface area contributed by atoms with E-state index < -0.39 is 0 Å². The van der Waals surface area contributed by atoms with Gasteiger partial charge in [-0.2, -0.15) is 0 Å². The Kier molecular flexibility index (Phi) is 5.78. The third-order valence-electron chi connectivity index (χ3n) is 9.65. The molecule has 8 aromatic rings. The van der Waals surface area contributed by atoms with Crippen molar-refractivity contribution >= 4 is 59.3 Å². The van der Waals surface area contributed by atoms with Crippen molar-refractivity contribution in [2.24, 2.45) is 0 Å². The third kappa shape index (κ3) is 4.13. The number of anilines is 3. The predicted octanol–water partition coefficient (Wildman–Crippen LogP) is 12.7. The lowest BCUT2D eigenvalue weighted by molar-refractivity contribution is 0.660. The van der Waals surface area contributed by atoms with Gasteiger partial charge < -0.3 is 4.90 Å². The smallest absolute Gasteiger partial charge is 0.0468 e. The first kappa shape index (κ1) is 26.2. The van der Waals surface area contributed by atoms with E-state index in [-0.39, 0.29) is 5.41 Å². The molecule has 1 nitrogen and oxygen atoms in total. The van der Waals surface area contributed by atoms with Crippen molar-refractivity contribution in [3.8, 4) is 22.3 Å². The molecular weight excluding hydrogens is 563 g/mol. The van der Waals surface area contributed by atoms with Crippen LogP contribution >= 0.6 is 11.3 Å². The fourth-order valence-corrected chi connectivity index (χ4v) is 8.39. The van der Waals surface area contributed by atoms with Crippen molar-refractivity contribution in [2.75, 3.05) is 4.90 Å². The fourth-order valence-electron chi connectivity index (χ4n) is 7.30. The van der Waals surface area contributed by atoms with Crippen molar-refractivity contribution in [1.82, 2.24) is 0 Å². The molecule has 0 radical (unpaired) electrons. The predicted molar refractivity (Wildman–Crippen MR) is 195 cm³/mol. The third-order valence-corrected chi connectivity index (χ3v) is 10.8. The van der Waals surface area contributed by atoms with Gasteiger partial charge in [-0.15, -0.1) is 11.3 Å². The number of benzene rings is 7. The molecular formula is C43H31NS. The lowest BCUT2D eigenvalue weighted by atomic mass is 9.81. The van der Waals surface area contributed by atoms with E-state index in [1.807, 2.05) is 11.3 Å². The topological polar surface area (TPSA) is 3.24 Å². The Balaban J connectivity index is 1.16. The second-order valence-corrected chi connectivity index (χ2v) is 13.7. The molecule has 2 heteroatoms. The van der Waals surface area contributed by atoms with Crippen LogP contribution in [0, 0.1) is 0 Å². The van der Waals surface area contributed by atoms with Crippen molar-refractivity contribution in [3.05, 3.63) is 163 Å². The minimum absolute atomic E-state index is 0.0147. The summed E-state index contributed by atoms with van der Waals surface area (Å²) in [6, 6.07) is 55.9. The molecule has 0 saturated carbocycles. The molecule has 0 atom stereocenters. The molecule has 0 spiro atoms. The Morgan fingerprint density at radius 2 is 1.09 bits per heavy atom. The average molecular weight is 594 g/mol. The number of hydrogen-bond acceptors (Lipinski definition) is 2. The molecule has 1 aromatic heterocycles. The van der Waals surface area contributed by atoms with Gasteiger partial charge in [0.25, 0.3) is 0 Å². The van der Waals surface area contributed by atoms with E-state index in [1.165, 1.54) is 64.3 Å². The summed E-state index contributed by atoms with van der Waals surface area (Å²) in [5.41, 5.74) is 11.4. The molecule has 0 fully saturated rings. The van der Waals surface area contributed by atoms with Crippen molar-refractivity contribution in [2.45, 2.75) is 19.3 Å². The van der Waals surface area contributed by atoms with E-state index >= 15 is 0 Å². The number of thiophene rings is 1. The highest BCUT2D eigenvalue weighted by molar-refractivity contribution is 7.25. The quantitative estimate of drug-likeness (QED) is 0.196. The summed E-state index contributed by atoms with van der Waals surface area (Å²) >= 11 is 1.86. The zero-order chi connectivity index (χ0) is 30.1. The summed E-state index contributed by atoms with van der Waals surface area (Å²) in [6.07, 6.45) is 0. The first-order valence-corrected chi connectivity index (χ1v) is 16.4.